The second-order valence-corrected chi connectivity index (χ2v) is 10.0. The van der Waals surface area contributed by atoms with Crippen molar-refractivity contribution in [3.8, 4) is 0 Å². The van der Waals surface area contributed by atoms with Gasteiger partial charge in [0.05, 0.1) is 22.6 Å². The third kappa shape index (κ3) is 3.64. The largest absolute Gasteiger partial charge is 0.350 e. The van der Waals surface area contributed by atoms with Crippen LogP contribution in [0.1, 0.15) is 10.4 Å². The maximum Gasteiger partial charge on any atom is 0.257 e. The van der Waals surface area contributed by atoms with Crippen LogP contribution in [0.5, 0.6) is 0 Å². The first-order valence-corrected chi connectivity index (χ1v) is 11.4. The van der Waals surface area contributed by atoms with E-state index >= 15 is 0 Å². The number of nitrogens with one attached hydrogen (secondary N) is 1. The lowest BCUT2D eigenvalue weighted by Gasteiger charge is -2.27. The van der Waals surface area contributed by atoms with Crippen LogP contribution >= 0.6 is 15.9 Å². The molecule has 1 fully saturated rings. The first-order chi connectivity index (χ1) is 13.3. The molecule has 28 heavy (non-hydrogen) atoms. The Morgan fingerprint density at radius 3 is 2.68 bits per heavy atom. The van der Waals surface area contributed by atoms with Gasteiger partial charge in [0.1, 0.15) is 5.82 Å². The van der Waals surface area contributed by atoms with Crippen LogP contribution in [0.3, 0.4) is 0 Å². The van der Waals surface area contributed by atoms with Gasteiger partial charge in [0.25, 0.3) is 5.91 Å². The molecule has 0 spiro atoms. The molecule has 0 unspecified atom stereocenters. The number of halogens is 1. The fraction of sp³-hybridized carbons (Fsp3) is 0.263. The molecule has 0 saturated carbocycles. The predicted molar refractivity (Wildman–Crippen MR) is 113 cm³/mol. The smallest absolute Gasteiger partial charge is 0.257 e. The Balaban J connectivity index is 1.69. The lowest BCUT2D eigenvalue weighted by Crippen LogP contribution is -2.43. The Bertz CT molecular complexity index is 1160. The quantitative estimate of drug-likeness (QED) is 0.646. The Labute approximate surface area is 171 Å². The van der Waals surface area contributed by atoms with Crippen molar-refractivity contribution >= 4 is 54.1 Å². The molecule has 1 saturated heterocycles. The van der Waals surface area contributed by atoms with Crippen LogP contribution in [-0.2, 0) is 16.9 Å². The summed E-state index contributed by atoms with van der Waals surface area (Å²) in [6.07, 6.45) is 3.45. The molecule has 0 atom stereocenters. The Morgan fingerprint density at radius 1 is 1.21 bits per heavy atom. The molecular formula is C19H19BrN4O3S. The monoisotopic (exact) mass is 462 g/mol. The van der Waals surface area contributed by atoms with E-state index in [1.807, 2.05) is 48.1 Å². The van der Waals surface area contributed by atoms with Crippen molar-refractivity contribution in [2.24, 2.45) is 7.05 Å². The van der Waals surface area contributed by atoms with Gasteiger partial charge in [-0.3, -0.25) is 4.79 Å². The summed E-state index contributed by atoms with van der Waals surface area (Å²) in [5, 5.41) is 4.13. The van der Waals surface area contributed by atoms with E-state index in [4.69, 9.17) is 0 Å². The fourth-order valence-electron chi connectivity index (χ4n) is 3.36. The second kappa shape index (κ2) is 7.21. The van der Waals surface area contributed by atoms with E-state index < -0.39 is 9.84 Å². The number of aryl methyl sites for hydroxylation is 1. The van der Waals surface area contributed by atoms with E-state index in [1.165, 1.54) is 0 Å². The summed E-state index contributed by atoms with van der Waals surface area (Å²) >= 11 is 3.45. The van der Waals surface area contributed by atoms with Crippen LogP contribution in [0.15, 0.2) is 47.2 Å². The molecule has 3 heterocycles. The number of sulfone groups is 1. The van der Waals surface area contributed by atoms with E-state index in [2.05, 4.69) is 26.2 Å². The standard InChI is InChI=1S/C19H19BrN4O3S/c1-23-6-5-15-17(23)16(19(25)24-7-9-28(26,27)10-8-24)12-21-18(15)22-14-4-2-3-13(20)11-14/h2-6,11-12H,7-10H2,1H3,(H,21,22). The van der Waals surface area contributed by atoms with Crippen LogP contribution in [0.4, 0.5) is 11.5 Å². The molecule has 146 valence electrons. The molecule has 0 aliphatic carbocycles. The molecular weight excluding hydrogens is 444 g/mol. The number of rotatable bonds is 3. The van der Waals surface area contributed by atoms with Gasteiger partial charge in [-0.25, -0.2) is 13.4 Å². The number of amides is 1. The van der Waals surface area contributed by atoms with Gasteiger partial charge in [-0.2, -0.15) is 0 Å². The van der Waals surface area contributed by atoms with Crippen molar-refractivity contribution in [3.63, 3.8) is 0 Å². The molecule has 0 radical (unpaired) electrons. The summed E-state index contributed by atoms with van der Waals surface area (Å²) in [4.78, 5) is 19.1. The summed E-state index contributed by atoms with van der Waals surface area (Å²) in [5.41, 5.74) is 2.12. The maximum absolute atomic E-state index is 13.0. The summed E-state index contributed by atoms with van der Waals surface area (Å²) in [5.74, 6) is 0.477. The average Bonchev–Trinajstić information content (AvgIpc) is 3.04. The molecule has 0 bridgehead atoms. The van der Waals surface area contributed by atoms with Gasteiger partial charge >= 0.3 is 0 Å². The van der Waals surface area contributed by atoms with Crippen molar-refractivity contribution in [2.45, 2.75) is 0 Å². The highest BCUT2D eigenvalue weighted by atomic mass is 79.9. The summed E-state index contributed by atoms with van der Waals surface area (Å²) in [6, 6.07) is 9.67. The molecule has 9 heteroatoms. The van der Waals surface area contributed by atoms with Gasteiger partial charge in [0, 0.05) is 48.1 Å². The van der Waals surface area contributed by atoms with E-state index in [1.54, 1.807) is 11.1 Å². The zero-order valence-corrected chi connectivity index (χ0v) is 17.6. The minimum absolute atomic E-state index is 0.00493. The molecule has 1 aliphatic rings. The van der Waals surface area contributed by atoms with Gasteiger partial charge in [0.2, 0.25) is 0 Å². The van der Waals surface area contributed by atoms with E-state index in [-0.39, 0.29) is 30.5 Å². The van der Waals surface area contributed by atoms with Gasteiger partial charge in [-0.1, -0.05) is 22.0 Å². The van der Waals surface area contributed by atoms with E-state index in [0.29, 0.717) is 11.4 Å². The number of hydrogen-bond donors (Lipinski definition) is 1. The zero-order valence-electron chi connectivity index (χ0n) is 15.2. The van der Waals surface area contributed by atoms with Gasteiger partial charge < -0.3 is 14.8 Å². The van der Waals surface area contributed by atoms with Gasteiger partial charge in [-0.05, 0) is 24.3 Å². The summed E-state index contributed by atoms with van der Waals surface area (Å²) in [6.45, 7) is 0.427. The minimum atomic E-state index is -3.04. The molecule has 1 aromatic carbocycles. The second-order valence-electron chi connectivity index (χ2n) is 6.79. The lowest BCUT2D eigenvalue weighted by molar-refractivity contribution is 0.0771. The predicted octanol–water partition coefficient (Wildman–Crippen LogP) is 2.95. The molecule has 2 aromatic heterocycles. The number of benzene rings is 1. The summed E-state index contributed by atoms with van der Waals surface area (Å²) < 4.78 is 26.2. The average molecular weight is 463 g/mol. The number of hydrogen-bond acceptors (Lipinski definition) is 5. The lowest BCUT2D eigenvalue weighted by atomic mass is 10.1. The number of fused-ring (bicyclic) bond motifs is 1. The SMILES string of the molecule is Cn1ccc2c(Nc3cccc(Br)c3)ncc(C(=O)N3CCS(=O)(=O)CC3)c21. The van der Waals surface area contributed by atoms with Crippen LogP contribution < -0.4 is 5.32 Å². The Kier molecular flexibility index (Phi) is 4.88. The first kappa shape index (κ1) is 18.9. The highest BCUT2D eigenvalue weighted by Gasteiger charge is 2.28. The van der Waals surface area contributed by atoms with Crippen LogP contribution in [0.25, 0.3) is 10.9 Å². The zero-order chi connectivity index (χ0) is 19.9. The first-order valence-electron chi connectivity index (χ1n) is 8.80. The van der Waals surface area contributed by atoms with Gasteiger partial charge in [-0.15, -0.1) is 0 Å². The van der Waals surface area contributed by atoms with Crippen LogP contribution in [-0.4, -0.2) is 53.4 Å². The Hall–Kier alpha value is -2.39. The van der Waals surface area contributed by atoms with Crippen molar-refractivity contribution in [1.82, 2.24) is 14.5 Å². The molecule has 3 aromatic rings. The van der Waals surface area contributed by atoms with E-state index in [0.717, 1.165) is 21.1 Å². The number of nitrogens with zero attached hydrogens (tertiary/aromatic N) is 3. The van der Waals surface area contributed by atoms with Crippen LogP contribution in [0.2, 0.25) is 0 Å². The normalized spacial score (nSPS) is 16.3. The number of carbonyl (C=O) groups excluding carboxylic acids is 1. The highest BCUT2D eigenvalue weighted by Crippen LogP contribution is 2.29. The third-order valence-corrected chi connectivity index (χ3v) is 6.96. The van der Waals surface area contributed by atoms with Crippen molar-refractivity contribution < 1.29 is 13.2 Å². The number of pyridine rings is 1. The number of aromatic nitrogens is 2. The maximum atomic E-state index is 13.0. The molecule has 4 rings (SSSR count). The Morgan fingerprint density at radius 2 is 1.96 bits per heavy atom. The number of anilines is 2. The molecule has 1 N–H and O–H groups in total. The van der Waals surface area contributed by atoms with Crippen LogP contribution in [0, 0.1) is 0 Å². The number of carbonyl (C=O) groups is 1. The van der Waals surface area contributed by atoms with Crippen molar-refractivity contribution in [3.05, 3.63) is 52.8 Å². The highest BCUT2D eigenvalue weighted by molar-refractivity contribution is 9.10. The van der Waals surface area contributed by atoms with Gasteiger partial charge in [0.15, 0.2) is 9.84 Å². The molecule has 1 aliphatic heterocycles. The minimum Gasteiger partial charge on any atom is -0.350 e. The molecule has 1 amide bonds. The van der Waals surface area contributed by atoms with E-state index in [9.17, 15) is 13.2 Å². The third-order valence-electron chi connectivity index (χ3n) is 4.86. The molecule has 7 nitrogen and oxygen atoms in total. The topological polar surface area (TPSA) is 84.3 Å². The van der Waals surface area contributed by atoms with Crippen molar-refractivity contribution in [1.29, 1.82) is 0 Å². The summed E-state index contributed by atoms with van der Waals surface area (Å²) in [7, 11) is -1.17. The fourth-order valence-corrected chi connectivity index (χ4v) is 4.96. The van der Waals surface area contributed by atoms with Crippen molar-refractivity contribution in [2.75, 3.05) is 29.9 Å².